The van der Waals surface area contributed by atoms with Crippen molar-refractivity contribution in [3.05, 3.63) is 12.7 Å². The molecule has 20 heavy (non-hydrogen) atoms. The van der Waals surface area contributed by atoms with Crippen LogP contribution in [-0.4, -0.2) is 48.4 Å². The molecule has 3 fully saturated rings. The molecule has 1 amide bonds. The lowest BCUT2D eigenvalue weighted by molar-refractivity contribution is -0.148. The van der Waals surface area contributed by atoms with Crippen molar-refractivity contribution in [3.8, 4) is 0 Å². The van der Waals surface area contributed by atoms with Crippen molar-refractivity contribution in [1.29, 1.82) is 0 Å². The molecule has 3 nitrogen and oxygen atoms in total. The van der Waals surface area contributed by atoms with Gasteiger partial charge in [0.2, 0.25) is 5.91 Å². The van der Waals surface area contributed by atoms with E-state index in [0.717, 1.165) is 44.9 Å². The predicted octanol–water partition coefficient (Wildman–Crippen LogP) is 2.53. The van der Waals surface area contributed by atoms with Gasteiger partial charge in [0.1, 0.15) is 0 Å². The van der Waals surface area contributed by atoms with Crippen LogP contribution in [0.2, 0.25) is 0 Å². The van der Waals surface area contributed by atoms with E-state index in [1.54, 1.807) is 0 Å². The Morgan fingerprint density at radius 2 is 1.95 bits per heavy atom. The first-order valence-corrected chi connectivity index (χ1v) is 8.24. The molecule has 3 aliphatic rings. The van der Waals surface area contributed by atoms with E-state index < -0.39 is 0 Å². The van der Waals surface area contributed by atoms with E-state index in [1.165, 1.54) is 25.8 Å². The van der Waals surface area contributed by atoms with Gasteiger partial charge in [0.05, 0.1) is 0 Å². The Bertz CT molecular complexity index is 378. The number of carbonyl (C=O) groups excluding carboxylic acids is 1. The Morgan fingerprint density at radius 1 is 1.25 bits per heavy atom. The molecule has 0 bridgehead atoms. The Balaban J connectivity index is 1.48. The number of likely N-dealkylation sites (tertiary alicyclic amines) is 2. The number of amides is 1. The molecule has 0 aromatic rings. The van der Waals surface area contributed by atoms with E-state index >= 15 is 0 Å². The highest BCUT2D eigenvalue weighted by Gasteiger charge is 2.49. The van der Waals surface area contributed by atoms with Crippen LogP contribution in [0.15, 0.2) is 12.7 Å². The fourth-order valence-corrected chi connectivity index (χ4v) is 4.31. The zero-order valence-corrected chi connectivity index (χ0v) is 12.8. The third kappa shape index (κ3) is 2.65. The summed E-state index contributed by atoms with van der Waals surface area (Å²) in [5.74, 6) is 1.60. The summed E-state index contributed by atoms with van der Waals surface area (Å²) in [5, 5.41) is 0. The van der Waals surface area contributed by atoms with Crippen molar-refractivity contribution in [1.82, 2.24) is 9.80 Å². The first-order valence-electron chi connectivity index (χ1n) is 8.24. The Morgan fingerprint density at radius 3 is 2.60 bits per heavy atom. The van der Waals surface area contributed by atoms with Crippen molar-refractivity contribution >= 4 is 5.91 Å². The maximum absolute atomic E-state index is 12.5. The van der Waals surface area contributed by atoms with Gasteiger partial charge in [0.15, 0.2) is 0 Å². The van der Waals surface area contributed by atoms with Crippen molar-refractivity contribution in [2.45, 2.75) is 39.0 Å². The molecule has 1 aliphatic carbocycles. The van der Waals surface area contributed by atoms with E-state index in [0.29, 0.717) is 17.2 Å². The summed E-state index contributed by atoms with van der Waals surface area (Å²) in [7, 11) is 0. The van der Waals surface area contributed by atoms with Crippen LogP contribution in [0.1, 0.15) is 39.0 Å². The number of hydrogen-bond donors (Lipinski definition) is 0. The maximum atomic E-state index is 12.5. The van der Waals surface area contributed by atoms with Gasteiger partial charge in [-0.05, 0) is 44.6 Å². The second kappa shape index (κ2) is 5.51. The van der Waals surface area contributed by atoms with Crippen LogP contribution in [0.5, 0.6) is 0 Å². The molecule has 0 aromatic heterocycles. The van der Waals surface area contributed by atoms with E-state index in [-0.39, 0.29) is 0 Å². The molecular formula is C17H28N2O. The zero-order chi connectivity index (χ0) is 14.2. The molecule has 1 saturated carbocycles. The average molecular weight is 276 g/mol. The van der Waals surface area contributed by atoms with E-state index in [4.69, 9.17) is 0 Å². The largest absolute Gasteiger partial charge is 0.341 e. The zero-order valence-electron chi connectivity index (χ0n) is 12.8. The fourth-order valence-electron chi connectivity index (χ4n) is 4.31. The van der Waals surface area contributed by atoms with Crippen LogP contribution >= 0.6 is 0 Å². The Labute approximate surface area is 123 Å². The lowest BCUT2D eigenvalue weighted by Crippen LogP contribution is -2.60. The van der Waals surface area contributed by atoms with Crippen LogP contribution in [0, 0.1) is 17.3 Å². The number of nitrogens with zero attached hydrogens (tertiary/aromatic N) is 2. The van der Waals surface area contributed by atoms with Gasteiger partial charge in [-0.1, -0.05) is 13.0 Å². The van der Waals surface area contributed by atoms with Crippen molar-refractivity contribution < 1.29 is 4.79 Å². The Hall–Kier alpha value is -0.830. The van der Waals surface area contributed by atoms with Gasteiger partial charge in [-0.2, -0.15) is 0 Å². The van der Waals surface area contributed by atoms with Gasteiger partial charge in [0, 0.05) is 37.5 Å². The Kier molecular flexibility index (Phi) is 3.89. The normalized spacial score (nSPS) is 33.1. The number of carbonyl (C=O) groups is 1. The summed E-state index contributed by atoms with van der Waals surface area (Å²) in [6, 6.07) is 0. The van der Waals surface area contributed by atoms with Gasteiger partial charge in [-0.15, -0.1) is 6.58 Å². The topological polar surface area (TPSA) is 23.6 Å². The number of rotatable bonds is 3. The fraction of sp³-hybridized carbons (Fsp3) is 0.824. The first kappa shape index (κ1) is 14.1. The van der Waals surface area contributed by atoms with Gasteiger partial charge in [-0.3, -0.25) is 9.69 Å². The summed E-state index contributed by atoms with van der Waals surface area (Å²) in [5.41, 5.74) is 0.417. The minimum atomic E-state index is 0.328. The van der Waals surface area contributed by atoms with Crippen LogP contribution in [-0.2, 0) is 4.79 Å². The first-order chi connectivity index (χ1) is 9.62. The van der Waals surface area contributed by atoms with E-state index in [9.17, 15) is 4.79 Å². The summed E-state index contributed by atoms with van der Waals surface area (Å²) >= 11 is 0. The second-order valence-corrected chi connectivity index (χ2v) is 7.42. The molecule has 0 atom stereocenters. The lowest BCUT2D eigenvalue weighted by atomic mass is 9.76. The standard InChI is InChI=1S/C17H28N2O/c1-3-9-18-10-8-17(11-18)12-19(13-17)16(20)15-6-4-14(2)5-7-15/h3,14-15H,1,4-13H2,2H3. The van der Waals surface area contributed by atoms with Crippen LogP contribution in [0.3, 0.4) is 0 Å². The van der Waals surface area contributed by atoms with Crippen molar-refractivity contribution in [2.75, 3.05) is 32.7 Å². The quantitative estimate of drug-likeness (QED) is 0.740. The molecule has 112 valence electrons. The molecule has 0 radical (unpaired) electrons. The highest BCUT2D eigenvalue weighted by atomic mass is 16.2. The molecule has 2 aliphatic heterocycles. The molecule has 3 rings (SSSR count). The molecule has 2 saturated heterocycles. The minimum absolute atomic E-state index is 0.328. The molecule has 0 aromatic carbocycles. The minimum Gasteiger partial charge on any atom is -0.341 e. The van der Waals surface area contributed by atoms with Gasteiger partial charge < -0.3 is 4.90 Å². The number of hydrogen-bond acceptors (Lipinski definition) is 2. The average Bonchev–Trinajstić information content (AvgIpc) is 2.82. The maximum Gasteiger partial charge on any atom is 0.225 e. The summed E-state index contributed by atoms with van der Waals surface area (Å²) in [4.78, 5) is 17.1. The summed E-state index contributed by atoms with van der Waals surface area (Å²) in [6.07, 6.45) is 7.96. The van der Waals surface area contributed by atoms with Crippen molar-refractivity contribution in [2.24, 2.45) is 17.3 Å². The van der Waals surface area contributed by atoms with Crippen LogP contribution < -0.4 is 0 Å². The molecule has 0 N–H and O–H groups in total. The second-order valence-electron chi connectivity index (χ2n) is 7.42. The van der Waals surface area contributed by atoms with Gasteiger partial charge in [0.25, 0.3) is 0 Å². The predicted molar refractivity (Wildman–Crippen MR) is 81.4 cm³/mol. The van der Waals surface area contributed by atoms with E-state index in [1.807, 2.05) is 6.08 Å². The monoisotopic (exact) mass is 276 g/mol. The van der Waals surface area contributed by atoms with Gasteiger partial charge >= 0.3 is 0 Å². The highest BCUT2D eigenvalue weighted by Crippen LogP contribution is 2.41. The molecule has 0 unspecified atom stereocenters. The van der Waals surface area contributed by atoms with Gasteiger partial charge in [-0.25, -0.2) is 0 Å². The van der Waals surface area contributed by atoms with E-state index in [2.05, 4.69) is 23.3 Å². The molecule has 3 heteroatoms. The lowest BCUT2D eigenvalue weighted by Gasteiger charge is -2.49. The van der Waals surface area contributed by atoms with Crippen LogP contribution in [0.4, 0.5) is 0 Å². The SMILES string of the molecule is C=CCN1CCC2(C1)CN(C(=O)C1CCC(C)CC1)C2. The van der Waals surface area contributed by atoms with Crippen molar-refractivity contribution in [3.63, 3.8) is 0 Å². The molecule has 2 heterocycles. The smallest absolute Gasteiger partial charge is 0.225 e. The third-order valence-corrected chi connectivity index (χ3v) is 5.63. The summed E-state index contributed by atoms with van der Waals surface area (Å²) in [6.45, 7) is 11.5. The third-order valence-electron chi connectivity index (χ3n) is 5.63. The molecule has 1 spiro atoms. The molecular weight excluding hydrogens is 248 g/mol. The summed E-state index contributed by atoms with van der Waals surface area (Å²) < 4.78 is 0. The van der Waals surface area contributed by atoms with Crippen LogP contribution in [0.25, 0.3) is 0 Å². The highest BCUT2D eigenvalue weighted by molar-refractivity contribution is 5.80.